The van der Waals surface area contributed by atoms with E-state index in [1.807, 2.05) is 18.9 Å². The number of likely N-dealkylation sites (tertiary alicyclic amines) is 2. The van der Waals surface area contributed by atoms with E-state index in [2.05, 4.69) is 17.3 Å². The second kappa shape index (κ2) is 8.26. The lowest BCUT2D eigenvalue weighted by molar-refractivity contribution is -0.143. The Balaban J connectivity index is 1.53. The van der Waals surface area contributed by atoms with E-state index < -0.39 is 6.04 Å². The molecule has 4 rings (SSSR count). The SMILES string of the molecule is CNc1nc(C2CCN(C)CC2)nc2c1CCN(C(=O)C(C)N1CCCC1=O)C2. The van der Waals surface area contributed by atoms with Crippen LogP contribution in [0.3, 0.4) is 0 Å². The van der Waals surface area contributed by atoms with Gasteiger partial charge in [-0.25, -0.2) is 9.97 Å². The minimum atomic E-state index is -0.398. The van der Waals surface area contributed by atoms with Gasteiger partial charge in [0.15, 0.2) is 0 Å². The number of nitrogens with one attached hydrogen (secondary N) is 1. The second-order valence-electron chi connectivity index (χ2n) is 8.56. The van der Waals surface area contributed by atoms with Gasteiger partial charge in [-0.3, -0.25) is 9.59 Å². The third-order valence-corrected chi connectivity index (χ3v) is 6.65. The predicted molar refractivity (Wildman–Crippen MR) is 111 cm³/mol. The van der Waals surface area contributed by atoms with Crippen LogP contribution in [0.2, 0.25) is 0 Å². The molecule has 8 nitrogen and oxygen atoms in total. The maximum absolute atomic E-state index is 13.1. The van der Waals surface area contributed by atoms with Crippen molar-refractivity contribution >= 4 is 17.6 Å². The van der Waals surface area contributed by atoms with Crippen LogP contribution < -0.4 is 5.32 Å². The molecule has 0 saturated carbocycles. The highest BCUT2D eigenvalue weighted by molar-refractivity contribution is 5.88. The zero-order valence-electron chi connectivity index (χ0n) is 17.8. The highest BCUT2D eigenvalue weighted by Crippen LogP contribution is 2.30. The summed E-state index contributed by atoms with van der Waals surface area (Å²) in [5.74, 6) is 2.29. The molecule has 4 heterocycles. The highest BCUT2D eigenvalue weighted by Gasteiger charge is 2.34. The van der Waals surface area contributed by atoms with E-state index in [-0.39, 0.29) is 11.8 Å². The van der Waals surface area contributed by atoms with Crippen LogP contribution >= 0.6 is 0 Å². The van der Waals surface area contributed by atoms with Crippen LogP contribution in [-0.2, 0) is 22.6 Å². The normalized spacial score (nSPS) is 22.0. The molecular formula is C21H32N6O2. The number of aromatic nitrogens is 2. The van der Waals surface area contributed by atoms with Crippen molar-refractivity contribution in [2.45, 2.75) is 57.5 Å². The Kier molecular flexibility index (Phi) is 5.72. The van der Waals surface area contributed by atoms with Crippen LogP contribution in [-0.4, -0.2) is 82.8 Å². The summed E-state index contributed by atoms with van der Waals surface area (Å²) < 4.78 is 0. The Morgan fingerprint density at radius 2 is 1.90 bits per heavy atom. The predicted octanol–water partition coefficient (Wildman–Crippen LogP) is 1.22. The zero-order valence-corrected chi connectivity index (χ0v) is 17.8. The largest absolute Gasteiger partial charge is 0.373 e. The van der Waals surface area contributed by atoms with Crippen LogP contribution in [0.15, 0.2) is 0 Å². The number of rotatable bonds is 4. The molecule has 0 bridgehead atoms. The average molecular weight is 401 g/mol. The van der Waals surface area contributed by atoms with E-state index in [4.69, 9.17) is 9.97 Å². The Morgan fingerprint density at radius 3 is 2.55 bits per heavy atom. The van der Waals surface area contributed by atoms with Crippen LogP contribution in [0.5, 0.6) is 0 Å². The lowest BCUT2D eigenvalue weighted by atomic mass is 9.95. The van der Waals surface area contributed by atoms with Gasteiger partial charge in [0.05, 0.1) is 12.2 Å². The van der Waals surface area contributed by atoms with E-state index in [1.165, 1.54) is 0 Å². The number of hydrogen-bond donors (Lipinski definition) is 1. The van der Waals surface area contributed by atoms with Crippen LogP contribution in [0.25, 0.3) is 0 Å². The van der Waals surface area contributed by atoms with Crippen molar-refractivity contribution in [3.05, 3.63) is 17.1 Å². The van der Waals surface area contributed by atoms with Crippen molar-refractivity contribution in [3.8, 4) is 0 Å². The highest BCUT2D eigenvalue weighted by atomic mass is 16.2. The number of piperidine rings is 1. The first kappa shape index (κ1) is 20.1. The topological polar surface area (TPSA) is 81.7 Å². The van der Waals surface area contributed by atoms with Gasteiger partial charge in [0.25, 0.3) is 0 Å². The molecule has 3 aliphatic heterocycles. The van der Waals surface area contributed by atoms with Crippen molar-refractivity contribution in [1.29, 1.82) is 0 Å². The van der Waals surface area contributed by atoms with Gasteiger partial charge < -0.3 is 20.0 Å². The summed E-state index contributed by atoms with van der Waals surface area (Å²) in [6, 6.07) is -0.398. The summed E-state index contributed by atoms with van der Waals surface area (Å²) in [5, 5.41) is 3.24. The molecule has 0 radical (unpaired) electrons. The summed E-state index contributed by atoms with van der Waals surface area (Å²) in [7, 11) is 4.05. The van der Waals surface area contributed by atoms with Crippen LogP contribution in [0, 0.1) is 0 Å². The number of amides is 2. The number of nitrogens with zero attached hydrogens (tertiary/aromatic N) is 5. The molecule has 0 aliphatic carbocycles. The monoisotopic (exact) mass is 400 g/mol. The molecule has 1 atom stereocenters. The van der Waals surface area contributed by atoms with Gasteiger partial charge in [-0.1, -0.05) is 0 Å². The van der Waals surface area contributed by atoms with Crippen LogP contribution in [0.4, 0.5) is 5.82 Å². The lowest BCUT2D eigenvalue weighted by Gasteiger charge is -2.34. The molecule has 2 fully saturated rings. The smallest absolute Gasteiger partial charge is 0.245 e. The van der Waals surface area contributed by atoms with Gasteiger partial charge in [-0.15, -0.1) is 0 Å². The Labute approximate surface area is 172 Å². The van der Waals surface area contributed by atoms with Crippen molar-refractivity contribution in [1.82, 2.24) is 24.7 Å². The summed E-state index contributed by atoms with van der Waals surface area (Å²) in [6.07, 6.45) is 4.27. The van der Waals surface area contributed by atoms with E-state index in [1.54, 1.807) is 4.90 Å². The van der Waals surface area contributed by atoms with Crippen molar-refractivity contribution in [2.75, 3.05) is 45.6 Å². The van der Waals surface area contributed by atoms with Gasteiger partial charge in [0.1, 0.15) is 17.7 Å². The molecule has 3 aliphatic rings. The second-order valence-corrected chi connectivity index (χ2v) is 8.56. The Hall–Kier alpha value is -2.22. The summed E-state index contributed by atoms with van der Waals surface area (Å²) in [4.78, 5) is 40.8. The molecule has 1 N–H and O–H groups in total. The molecule has 0 aromatic carbocycles. The molecule has 1 unspecified atom stereocenters. The Morgan fingerprint density at radius 1 is 1.14 bits per heavy atom. The lowest BCUT2D eigenvalue weighted by Crippen LogP contribution is -2.49. The van der Waals surface area contributed by atoms with Crippen molar-refractivity contribution in [2.24, 2.45) is 0 Å². The van der Waals surface area contributed by atoms with Gasteiger partial charge >= 0.3 is 0 Å². The van der Waals surface area contributed by atoms with E-state index in [0.717, 1.165) is 61.7 Å². The maximum Gasteiger partial charge on any atom is 0.245 e. The number of carbonyl (C=O) groups is 2. The van der Waals surface area contributed by atoms with Gasteiger partial charge in [-0.05, 0) is 52.7 Å². The molecule has 2 amide bonds. The standard InChI is InChI=1S/C21H32N6O2/c1-14(27-9-4-5-18(27)28)21(29)26-12-8-16-17(13-26)23-19(24-20(16)22-2)15-6-10-25(3)11-7-15/h14-15H,4-13H2,1-3H3,(H,22,23,24). The maximum atomic E-state index is 13.1. The summed E-state index contributed by atoms with van der Waals surface area (Å²) in [6.45, 7) is 5.80. The molecule has 0 spiro atoms. The molecular weight excluding hydrogens is 368 g/mol. The molecule has 29 heavy (non-hydrogen) atoms. The van der Waals surface area contributed by atoms with Gasteiger partial charge in [0, 0.05) is 38.0 Å². The number of fused-ring (bicyclic) bond motifs is 1. The fraction of sp³-hybridized carbons (Fsp3) is 0.714. The molecule has 1 aromatic rings. The molecule has 8 heteroatoms. The summed E-state index contributed by atoms with van der Waals surface area (Å²) >= 11 is 0. The first-order valence-electron chi connectivity index (χ1n) is 10.8. The first-order valence-corrected chi connectivity index (χ1v) is 10.8. The minimum Gasteiger partial charge on any atom is -0.373 e. The zero-order chi connectivity index (χ0) is 20.5. The van der Waals surface area contributed by atoms with Crippen LogP contribution in [0.1, 0.15) is 55.6 Å². The van der Waals surface area contributed by atoms with Gasteiger partial charge in [-0.2, -0.15) is 0 Å². The van der Waals surface area contributed by atoms with Crippen molar-refractivity contribution < 1.29 is 9.59 Å². The average Bonchev–Trinajstić information content (AvgIpc) is 3.17. The van der Waals surface area contributed by atoms with Gasteiger partial charge in [0.2, 0.25) is 11.8 Å². The summed E-state index contributed by atoms with van der Waals surface area (Å²) in [5.41, 5.74) is 2.08. The molecule has 2 saturated heterocycles. The van der Waals surface area contributed by atoms with E-state index in [0.29, 0.717) is 32.0 Å². The van der Waals surface area contributed by atoms with Crippen molar-refractivity contribution in [3.63, 3.8) is 0 Å². The Bertz CT molecular complexity index is 790. The number of hydrogen-bond acceptors (Lipinski definition) is 6. The number of carbonyl (C=O) groups excluding carboxylic acids is 2. The first-order chi connectivity index (χ1) is 14.0. The fourth-order valence-electron chi connectivity index (χ4n) is 4.77. The third kappa shape index (κ3) is 3.95. The molecule has 158 valence electrons. The quantitative estimate of drug-likeness (QED) is 0.819. The van der Waals surface area contributed by atoms with E-state index >= 15 is 0 Å². The molecule has 1 aromatic heterocycles. The minimum absolute atomic E-state index is 0.0244. The fourth-order valence-corrected chi connectivity index (χ4v) is 4.77. The third-order valence-electron chi connectivity index (χ3n) is 6.65. The van der Waals surface area contributed by atoms with E-state index in [9.17, 15) is 9.59 Å². The number of anilines is 1.